The second kappa shape index (κ2) is 6.15. The molecule has 1 aliphatic rings. The van der Waals surface area contributed by atoms with Gasteiger partial charge in [0.05, 0.1) is 19.3 Å². The van der Waals surface area contributed by atoms with Crippen molar-refractivity contribution in [3.63, 3.8) is 0 Å². The van der Waals surface area contributed by atoms with Crippen molar-refractivity contribution in [3.8, 4) is 5.75 Å². The number of para-hydroxylation sites is 1. The maximum Gasteiger partial charge on any atom is 0.124 e. The number of nitrogens with two attached hydrogens (primary N) is 1. The molecule has 112 valence electrons. The molecule has 2 N–H and O–H groups in total. The highest BCUT2D eigenvalue weighted by atomic mass is 16.5. The van der Waals surface area contributed by atoms with Crippen LogP contribution in [0.15, 0.2) is 24.3 Å². The highest BCUT2D eigenvalue weighted by Crippen LogP contribution is 2.42. The molecule has 1 fully saturated rings. The van der Waals surface area contributed by atoms with Crippen molar-refractivity contribution in [1.82, 2.24) is 0 Å². The van der Waals surface area contributed by atoms with Crippen LogP contribution in [0.25, 0.3) is 0 Å². The summed E-state index contributed by atoms with van der Waals surface area (Å²) in [6.45, 7) is 5.82. The van der Waals surface area contributed by atoms with E-state index in [0.29, 0.717) is 18.6 Å². The van der Waals surface area contributed by atoms with E-state index in [1.54, 1.807) is 7.11 Å². The number of methoxy groups -OCH3 is 1. The SMILES string of the molecule is COc1ccccc1COC1(CN)CCC(C)(C)CC1. The minimum absolute atomic E-state index is 0.156. The minimum atomic E-state index is -0.156. The van der Waals surface area contributed by atoms with E-state index < -0.39 is 0 Å². The van der Waals surface area contributed by atoms with Crippen LogP contribution < -0.4 is 10.5 Å². The predicted molar refractivity (Wildman–Crippen MR) is 81.8 cm³/mol. The quantitative estimate of drug-likeness (QED) is 0.895. The van der Waals surface area contributed by atoms with Gasteiger partial charge in [0.25, 0.3) is 0 Å². The Bertz CT molecular complexity index is 432. The predicted octanol–water partition coefficient (Wildman–Crippen LogP) is 3.51. The van der Waals surface area contributed by atoms with Gasteiger partial charge in [-0.2, -0.15) is 0 Å². The van der Waals surface area contributed by atoms with Crippen LogP contribution in [0, 0.1) is 5.41 Å². The molecule has 0 spiro atoms. The van der Waals surface area contributed by atoms with Crippen LogP contribution in [0.2, 0.25) is 0 Å². The Morgan fingerprint density at radius 3 is 2.35 bits per heavy atom. The van der Waals surface area contributed by atoms with E-state index in [0.717, 1.165) is 24.2 Å². The van der Waals surface area contributed by atoms with Gasteiger partial charge in [0.2, 0.25) is 0 Å². The van der Waals surface area contributed by atoms with Crippen molar-refractivity contribution in [3.05, 3.63) is 29.8 Å². The third-order valence-electron chi connectivity index (χ3n) is 4.61. The Hall–Kier alpha value is -1.06. The highest BCUT2D eigenvalue weighted by Gasteiger charge is 2.38. The van der Waals surface area contributed by atoms with Gasteiger partial charge in [-0.1, -0.05) is 32.0 Å². The topological polar surface area (TPSA) is 44.5 Å². The zero-order chi connectivity index (χ0) is 14.6. The lowest BCUT2D eigenvalue weighted by Crippen LogP contribution is -2.45. The molecule has 0 aromatic heterocycles. The Morgan fingerprint density at radius 1 is 1.10 bits per heavy atom. The summed E-state index contributed by atoms with van der Waals surface area (Å²) in [5, 5.41) is 0. The monoisotopic (exact) mass is 277 g/mol. The lowest BCUT2D eigenvalue weighted by atomic mass is 9.71. The number of hydrogen-bond acceptors (Lipinski definition) is 3. The van der Waals surface area contributed by atoms with Crippen LogP contribution >= 0.6 is 0 Å². The lowest BCUT2D eigenvalue weighted by Gasteiger charge is -2.42. The third-order valence-corrected chi connectivity index (χ3v) is 4.61. The molecule has 3 nitrogen and oxygen atoms in total. The molecule has 1 aromatic rings. The van der Waals surface area contributed by atoms with E-state index in [1.807, 2.05) is 18.2 Å². The zero-order valence-corrected chi connectivity index (χ0v) is 12.9. The molecule has 20 heavy (non-hydrogen) atoms. The van der Waals surface area contributed by atoms with Gasteiger partial charge in [0.15, 0.2) is 0 Å². The number of hydrogen-bond donors (Lipinski definition) is 1. The second-order valence-corrected chi connectivity index (χ2v) is 6.65. The molecule has 1 saturated carbocycles. The fraction of sp³-hybridized carbons (Fsp3) is 0.647. The Kier molecular flexibility index (Phi) is 4.71. The fourth-order valence-corrected chi connectivity index (χ4v) is 2.84. The first-order valence-electron chi connectivity index (χ1n) is 7.46. The molecule has 0 aliphatic heterocycles. The molecule has 2 rings (SSSR count). The lowest BCUT2D eigenvalue weighted by molar-refractivity contribution is -0.0907. The number of rotatable bonds is 5. The first-order valence-corrected chi connectivity index (χ1v) is 7.46. The summed E-state index contributed by atoms with van der Waals surface area (Å²) >= 11 is 0. The Morgan fingerprint density at radius 2 is 1.75 bits per heavy atom. The smallest absolute Gasteiger partial charge is 0.124 e. The van der Waals surface area contributed by atoms with Gasteiger partial charge in [-0.3, -0.25) is 0 Å². The largest absolute Gasteiger partial charge is 0.496 e. The van der Waals surface area contributed by atoms with Crippen molar-refractivity contribution in [1.29, 1.82) is 0 Å². The summed E-state index contributed by atoms with van der Waals surface area (Å²) in [6, 6.07) is 8.01. The van der Waals surface area contributed by atoms with Crippen molar-refractivity contribution in [2.75, 3.05) is 13.7 Å². The van der Waals surface area contributed by atoms with Crippen LogP contribution in [0.1, 0.15) is 45.1 Å². The van der Waals surface area contributed by atoms with Crippen LogP contribution in [-0.2, 0) is 11.3 Å². The molecule has 0 saturated heterocycles. The summed E-state index contributed by atoms with van der Waals surface area (Å²) in [6.07, 6.45) is 4.45. The van der Waals surface area contributed by atoms with Gasteiger partial charge < -0.3 is 15.2 Å². The molecule has 1 aromatic carbocycles. The molecule has 0 atom stereocenters. The van der Waals surface area contributed by atoms with Crippen LogP contribution in [0.4, 0.5) is 0 Å². The molecule has 1 aliphatic carbocycles. The van der Waals surface area contributed by atoms with Gasteiger partial charge in [-0.15, -0.1) is 0 Å². The number of ether oxygens (including phenoxy) is 2. The first-order chi connectivity index (χ1) is 9.50. The van der Waals surface area contributed by atoms with Gasteiger partial charge in [-0.25, -0.2) is 0 Å². The van der Waals surface area contributed by atoms with Gasteiger partial charge in [-0.05, 0) is 37.2 Å². The average Bonchev–Trinajstić information content (AvgIpc) is 2.47. The molecule has 0 radical (unpaired) electrons. The fourth-order valence-electron chi connectivity index (χ4n) is 2.84. The molecule has 3 heteroatoms. The maximum atomic E-state index is 6.24. The van der Waals surface area contributed by atoms with E-state index in [4.69, 9.17) is 15.2 Å². The van der Waals surface area contributed by atoms with E-state index in [-0.39, 0.29) is 5.60 Å². The van der Waals surface area contributed by atoms with Crippen LogP contribution in [0.3, 0.4) is 0 Å². The molecular formula is C17H27NO2. The summed E-state index contributed by atoms with van der Waals surface area (Å²) in [5.74, 6) is 0.885. The van der Waals surface area contributed by atoms with E-state index >= 15 is 0 Å². The average molecular weight is 277 g/mol. The van der Waals surface area contributed by atoms with E-state index in [9.17, 15) is 0 Å². The van der Waals surface area contributed by atoms with Crippen molar-refractivity contribution >= 4 is 0 Å². The van der Waals surface area contributed by atoms with Crippen molar-refractivity contribution in [2.24, 2.45) is 11.1 Å². The van der Waals surface area contributed by atoms with Crippen molar-refractivity contribution in [2.45, 2.75) is 51.7 Å². The molecular weight excluding hydrogens is 250 g/mol. The highest BCUT2D eigenvalue weighted by molar-refractivity contribution is 5.32. The summed E-state index contributed by atoms with van der Waals surface area (Å²) in [7, 11) is 1.70. The standard InChI is InChI=1S/C17H27NO2/c1-16(2)8-10-17(13-18,11-9-16)20-12-14-6-4-5-7-15(14)19-3/h4-7H,8-13,18H2,1-3H3. The van der Waals surface area contributed by atoms with Crippen LogP contribution in [-0.4, -0.2) is 19.3 Å². The Labute approximate surface area is 122 Å². The molecule has 0 amide bonds. The van der Waals surface area contributed by atoms with Crippen molar-refractivity contribution < 1.29 is 9.47 Å². The minimum Gasteiger partial charge on any atom is -0.496 e. The first kappa shape index (κ1) is 15.3. The summed E-state index contributed by atoms with van der Waals surface area (Å²) < 4.78 is 11.6. The number of benzene rings is 1. The van der Waals surface area contributed by atoms with Gasteiger partial charge in [0, 0.05) is 12.1 Å². The van der Waals surface area contributed by atoms with E-state index in [2.05, 4.69) is 19.9 Å². The second-order valence-electron chi connectivity index (χ2n) is 6.65. The summed E-state index contributed by atoms with van der Waals surface area (Å²) in [5.41, 5.74) is 7.36. The molecule has 0 heterocycles. The van der Waals surface area contributed by atoms with Gasteiger partial charge >= 0.3 is 0 Å². The van der Waals surface area contributed by atoms with Gasteiger partial charge in [0.1, 0.15) is 5.75 Å². The normalized spacial score (nSPS) is 20.6. The molecule has 0 unspecified atom stereocenters. The summed E-state index contributed by atoms with van der Waals surface area (Å²) in [4.78, 5) is 0. The molecule has 0 bridgehead atoms. The van der Waals surface area contributed by atoms with E-state index in [1.165, 1.54) is 12.8 Å². The maximum absolute atomic E-state index is 6.24. The Balaban J connectivity index is 2.01. The third kappa shape index (κ3) is 3.53. The van der Waals surface area contributed by atoms with Crippen LogP contribution in [0.5, 0.6) is 5.75 Å². The zero-order valence-electron chi connectivity index (χ0n) is 12.9.